The van der Waals surface area contributed by atoms with E-state index in [0.717, 1.165) is 6.07 Å². The van der Waals surface area contributed by atoms with Gasteiger partial charge in [-0.2, -0.15) is 0 Å². The molecule has 33 heavy (non-hydrogen) atoms. The van der Waals surface area contributed by atoms with Gasteiger partial charge in [0.15, 0.2) is 17.7 Å². The summed E-state index contributed by atoms with van der Waals surface area (Å²) in [7, 11) is 1.25. The number of carbonyl (C=O) groups excluding carboxylic acids is 2. The fourth-order valence-corrected chi connectivity index (χ4v) is 4.59. The first-order chi connectivity index (χ1) is 15.9. The van der Waals surface area contributed by atoms with Crippen molar-refractivity contribution in [3.8, 4) is 5.75 Å². The molecule has 3 atom stereocenters. The molecule has 2 amide bonds. The van der Waals surface area contributed by atoms with Crippen LogP contribution in [0.3, 0.4) is 0 Å². The average Bonchev–Trinajstić information content (AvgIpc) is 2.78. The second-order valence-corrected chi connectivity index (χ2v) is 8.18. The van der Waals surface area contributed by atoms with E-state index in [9.17, 15) is 23.2 Å². The van der Waals surface area contributed by atoms with Crippen LogP contribution in [0.2, 0.25) is 0 Å². The quantitative estimate of drug-likeness (QED) is 0.731. The summed E-state index contributed by atoms with van der Waals surface area (Å²) < 4.78 is 45.2. The highest BCUT2D eigenvalue weighted by atomic mass is 19.1. The zero-order valence-electron chi connectivity index (χ0n) is 17.7. The Balaban J connectivity index is 1.46. The topological polar surface area (TPSA) is 99.1 Å². The van der Waals surface area contributed by atoms with Gasteiger partial charge in [0.1, 0.15) is 17.2 Å². The highest BCUT2D eigenvalue weighted by molar-refractivity contribution is 5.99. The van der Waals surface area contributed by atoms with Crippen molar-refractivity contribution in [3.63, 3.8) is 0 Å². The van der Waals surface area contributed by atoms with Crippen LogP contribution in [0.5, 0.6) is 5.75 Å². The van der Waals surface area contributed by atoms with E-state index in [1.807, 2.05) is 0 Å². The largest absolute Gasteiger partial charge is 0.491 e. The Bertz CT molecular complexity index is 1200. The van der Waals surface area contributed by atoms with Crippen LogP contribution in [0.15, 0.2) is 29.2 Å². The molecule has 0 spiro atoms. The molecule has 4 heterocycles. The maximum Gasteiger partial charge on any atom is 0.276 e. The monoisotopic (exact) mass is 461 g/mol. The molecule has 2 aromatic rings. The van der Waals surface area contributed by atoms with Gasteiger partial charge in [-0.1, -0.05) is 6.07 Å². The molecule has 0 aliphatic carbocycles. The molecule has 5 rings (SSSR count). The number of rotatable bonds is 4. The predicted molar refractivity (Wildman–Crippen MR) is 109 cm³/mol. The number of amides is 2. The molecule has 2 unspecified atom stereocenters. The summed E-state index contributed by atoms with van der Waals surface area (Å²) in [5.41, 5.74) is -0.931. The Morgan fingerprint density at radius 2 is 2.09 bits per heavy atom. The first-order valence-corrected chi connectivity index (χ1v) is 10.5. The zero-order valence-corrected chi connectivity index (χ0v) is 17.7. The van der Waals surface area contributed by atoms with E-state index in [0.29, 0.717) is 25.7 Å². The lowest BCUT2D eigenvalue weighted by Crippen LogP contribution is -2.63. The maximum absolute atomic E-state index is 13.9. The van der Waals surface area contributed by atoms with Crippen molar-refractivity contribution in [2.75, 3.05) is 20.3 Å². The van der Waals surface area contributed by atoms with Gasteiger partial charge >= 0.3 is 0 Å². The van der Waals surface area contributed by atoms with E-state index in [1.165, 1.54) is 23.9 Å². The first-order valence-electron chi connectivity index (χ1n) is 10.5. The summed E-state index contributed by atoms with van der Waals surface area (Å²) >= 11 is 0. The smallest absolute Gasteiger partial charge is 0.276 e. The number of methoxy groups -OCH3 is 1. The number of hydrogen-bond acceptors (Lipinski definition) is 6. The molecule has 2 bridgehead atoms. The van der Waals surface area contributed by atoms with E-state index in [2.05, 4.69) is 5.32 Å². The second-order valence-electron chi connectivity index (χ2n) is 8.18. The third kappa shape index (κ3) is 3.66. The van der Waals surface area contributed by atoms with E-state index >= 15 is 0 Å². The minimum atomic E-state index is -0.815. The van der Waals surface area contributed by atoms with Crippen molar-refractivity contribution < 1.29 is 32.6 Å². The SMILES string of the molecule is COc1c2n(cc(C(=O)NCc3ccc(F)cc3F)c1=O)C[C@@H]1OC3COCC(C3)N1C2=O. The molecule has 174 valence electrons. The van der Waals surface area contributed by atoms with Crippen LogP contribution in [0, 0.1) is 11.6 Å². The minimum absolute atomic E-state index is 0.0347. The summed E-state index contributed by atoms with van der Waals surface area (Å²) in [6.07, 6.45) is 1.24. The predicted octanol–water partition coefficient (Wildman–Crippen LogP) is 1.03. The van der Waals surface area contributed by atoms with Crippen LogP contribution in [0.4, 0.5) is 8.78 Å². The van der Waals surface area contributed by atoms with Crippen LogP contribution < -0.4 is 15.5 Å². The molecule has 0 saturated carbocycles. The molecular weight excluding hydrogens is 440 g/mol. The van der Waals surface area contributed by atoms with Crippen molar-refractivity contribution >= 4 is 11.8 Å². The van der Waals surface area contributed by atoms with Crippen molar-refractivity contribution in [2.45, 2.75) is 37.9 Å². The Morgan fingerprint density at radius 1 is 1.27 bits per heavy atom. The van der Waals surface area contributed by atoms with Crippen LogP contribution in [0.1, 0.15) is 32.8 Å². The van der Waals surface area contributed by atoms with Gasteiger partial charge in [0, 0.05) is 24.4 Å². The van der Waals surface area contributed by atoms with Gasteiger partial charge in [-0.05, 0) is 12.5 Å². The van der Waals surface area contributed by atoms with E-state index < -0.39 is 35.1 Å². The van der Waals surface area contributed by atoms with Crippen molar-refractivity contribution in [1.29, 1.82) is 0 Å². The second kappa shape index (κ2) is 8.23. The Morgan fingerprint density at radius 3 is 2.85 bits per heavy atom. The van der Waals surface area contributed by atoms with Gasteiger partial charge in [-0.15, -0.1) is 0 Å². The van der Waals surface area contributed by atoms with Crippen LogP contribution >= 0.6 is 0 Å². The molecule has 3 aliphatic heterocycles. The lowest BCUT2D eigenvalue weighted by Gasteiger charge is -2.50. The summed E-state index contributed by atoms with van der Waals surface area (Å²) in [6, 6.07) is 2.82. The number of aromatic nitrogens is 1. The molecule has 3 aliphatic rings. The number of benzene rings is 1. The van der Waals surface area contributed by atoms with Crippen LogP contribution in [-0.2, 0) is 22.6 Å². The number of hydrogen-bond donors (Lipinski definition) is 1. The summed E-state index contributed by atoms with van der Waals surface area (Å²) in [5, 5.41) is 2.46. The normalized spacial score (nSPS) is 23.5. The minimum Gasteiger partial charge on any atom is -0.491 e. The standard InChI is InChI=1S/C22H21F2N3O6/c1-31-20-18-22(30)27-13-5-14(10-32-9-13)33-17(27)8-26(18)7-15(19(20)28)21(29)25-6-11-2-3-12(23)4-16(11)24/h2-4,7,13-14,17H,5-6,8-10H2,1H3,(H,25,29)/t13?,14?,17-/m0/s1. The van der Waals surface area contributed by atoms with Crippen LogP contribution in [0.25, 0.3) is 0 Å². The average molecular weight is 461 g/mol. The summed E-state index contributed by atoms with van der Waals surface area (Å²) in [5.74, 6) is -3.02. The third-order valence-corrected chi connectivity index (χ3v) is 6.13. The molecule has 1 aromatic carbocycles. The number of nitrogens with zero attached hydrogens (tertiary/aromatic N) is 2. The highest BCUT2D eigenvalue weighted by Crippen LogP contribution is 2.33. The van der Waals surface area contributed by atoms with E-state index in [1.54, 1.807) is 4.90 Å². The maximum atomic E-state index is 13.9. The lowest BCUT2D eigenvalue weighted by atomic mass is 10.0. The van der Waals surface area contributed by atoms with Crippen molar-refractivity contribution in [2.24, 2.45) is 0 Å². The molecule has 11 heteroatoms. The molecule has 0 radical (unpaired) electrons. The number of halogens is 2. The number of nitrogens with one attached hydrogen (secondary N) is 1. The molecule has 1 aromatic heterocycles. The zero-order chi connectivity index (χ0) is 23.3. The fourth-order valence-electron chi connectivity index (χ4n) is 4.59. The molecule has 2 fully saturated rings. The number of carbonyl (C=O) groups is 2. The van der Waals surface area contributed by atoms with Crippen molar-refractivity contribution in [1.82, 2.24) is 14.8 Å². The Kier molecular flexibility index (Phi) is 5.37. The van der Waals surface area contributed by atoms with Gasteiger partial charge in [-0.3, -0.25) is 14.4 Å². The molecule has 1 N–H and O–H groups in total. The van der Waals surface area contributed by atoms with Gasteiger partial charge < -0.3 is 29.0 Å². The van der Waals surface area contributed by atoms with E-state index in [-0.39, 0.29) is 47.8 Å². The lowest BCUT2D eigenvalue weighted by molar-refractivity contribution is -0.206. The first kappa shape index (κ1) is 21.5. The Labute approximate surface area is 186 Å². The summed E-state index contributed by atoms with van der Waals surface area (Å²) in [6.45, 7) is 0.784. The summed E-state index contributed by atoms with van der Waals surface area (Å²) in [4.78, 5) is 40.7. The van der Waals surface area contributed by atoms with Crippen LogP contribution in [-0.4, -0.2) is 60.0 Å². The van der Waals surface area contributed by atoms with Gasteiger partial charge in [0.05, 0.1) is 39.0 Å². The van der Waals surface area contributed by atoms with Gasteiger partial charge in [0.25, 0.3) is 11.8 Å². The number of ether oxygens (including phenoxy) is 3. The van der Waals surface area contributed by atoms with Gasteiger partial charge in [-0.25, -0.2) is 8.78 Å². The third-order valence-electron chi connectivity index (χ3n) is 6.13. The molecular formula is C22H21F2N3O6. The molecule has 2 saturated heterocycles. The Hall–Kier alpha value is -3.31. The number of fused-ring (bicyclic) bond motifs is 5. The number of pyridine rings is 1. The van der Waals surface area contributed by atoms with E-state index in [4.69, 9.17) is 14.2 Å². The van der Waals surface area contributed by atoms with Crippen molar-refractivity contribution in [3.05, 3.63) is 63.1 Å². The molecule has 9 nitrogen and oxygen atoms in total. The van der Waals surface area contributed by atoms with Gasteiger partial charge in [0.2, 0.25) is 5.43 Å². The fraction of sp³-hybridized carbons (Fsp3) is 0.409. The highest BCUT2D eigenvalue weighted by Gasteiger charge is 2.46.